The zero-order chi connectivity index (χ0) is 6.08. The molecule has 0 rings (SSSR count). The number of hydrogen-bond acceptors (Lipinski definition) is 1. The van der Waals surface area contributed by atoms with Crippen LogP contribution < -0.4 is 0 Å². The summed E-state index contributed by atoms with van der Waals surface area (Å²) in [5.41, 5.74) is 0. The second-order valence-electron chi connectivity index (χ2n) is 0.803. The van der Waals surface area contributed by atoms with E-state index < -0.39 is 9.10 Å². The van der Waals surface area contributed by atoms with E-state index in [1.54, 1.807) is 0 Å². The molecule has 5 heteroatoms. The van der Waals surface area contributed by atoms with Crippen molar-refractivity contribution in [2.75, 3.05) is 0 Å². The summed E-state index contributed by atoms with van der Waals surface area (Å²) in [6.45, 7) is 0. The van der Waals surface area contributed by atoms with Crippen molar-refractivity contribution in [2.24, 2.45) is 0 Å². The van der Waals surface area contributed by atoms with Crippen LogP contribution >= 0.6 is 34.2 Å². The number of aliphatic carboxylic acids is 1. The van der Waals surface area contributed by atoms with Gasteiger partial charge in [-0.1, -0.05) is 11.6 Å². The Morgan fingerprint density at radius 2 is 2.14 bits per heavy atom. The second-order valence-corrected chi connectivity index (χ2v) is 3.45. The zero-order valence-electron chi connectivity index (χ0n) is 2.99. The van der Waals surface area contributed by atoms with E-state index in [4.69, 9.17) is 5.11 Å². The summed E-state index contributed by atoms with van der Waals surface area (Å²) in [5, 5.41) is 7.74. The number of carboxylic acids is 1. The normalized spacial score (nSPS) is 18.1. The lowest BCUT2D eigenvalue weighted by atomic mass is 10.8. The molecule has 0 bridgehead atoms. The SMILES string of the molecule is O=C(O)[C@@](F)(Cl)I. The molecule has 0 aliphatic carbocycles. The predicted molar refractivity (Wildman–Crippen MR) is 31.3 cm³/mol. The molecule has 0 aliphatic heterocycles. The van der Waals surface area contributed by atoms with Gasteiger partial charge >= 0.3 is 9.10 Å². The predicted octanol–water partition coefficient (Wildman–Crippen LogP) is 1.37. The molecular formula is C2HClFIO2. The van der Waals surface area contributed by atoms with E-state index in [-0.39, 0.29) is 0 Å². The molecule has 0 aromatic heterocycles. The zero-order valence-corrected chi connectivity index (χ0v) is 5.90. The number of carboxylic acid groups (broad SMARTS) is 1. The first-order chi connectivity index (χ1) is 2.94. The van der Waals surface area contributed by atoms with E-state index in [1.165, 1.54) is 0 Å². The van der Waals surface area contributed by atoms with Gasteiger partial charge in [-0.2, -0.15) is 0 Å². The van der Waals surface area contributed by atoms with Gasteiger partial charge in [0.1, 0.15) is 0 Å². The van der Waals surface area contributed by atoms with Crippen LogP contribution in [0.3, 0.4) is 0 Å². The standard InChI is InChI=1S/C2HClFIO2/c3-2(4,5)1(6)7/h(H,6,7)/t2-/m0/s1. The van der Waals surface area contributed by atoms with Gasteiger partial charge in [-0.05, 0) is 22.6 Å². The Kier molecular flexibility index (Phi) is 2.25. The molecule has 1 N–H and O–H groups in total. The highest BCUT2D eigenvalue weighted by molar-refractivity contribution is 14.1. The van der Waals surface area contributed by atoms with Crippen LogP contribution in [0.1, 0.15) is 0 Å². The fourth-order valence-corrected chi connectivity index (χ4v) is 0. The van der Waals surface area contributed by atoms with E-state index in [9.17, 15) is 9.18 Å². The molecule has 0 aliphatic rings. The molecule has 0 saturated carbocycles. The van der Waals surface area contributed by atoms with Crippen molar-refractivity contribution in [1.82, 2.24) is 0 Å². The van der Waals surface area contributed by atoms with E-state index in [0.717, 1.165) is 22.6 Å². The second kappa shape index (κ2) is 2.13. The Morgan fingerprint density at radius 1 is 2.00 bits per heavy atom. The summed E-state index contributed by atoms with van der Waals surface area (Å²) < 4.78 is 9.02. The van der Waals surface area contributed by atoms with Gasteiger partial charge in [0.15, 0.2) is 0 Å². The van der Waals surface area contributed by atoms with Gasteiger partial charge in [0.05, 0.1) is 0 Å². The van der Waals surface area contributed by atoms with Crippen LogP contribution in [-0.4, -0.2) is 14.2 Å². The Balaban J connectivity index is 3.79. The Labute approximate surface area is 57.8 Å². The third kappa shape index (κ3) is 3.04. The van der Waals surface area contributed by atoms with Crippen molar-refractivity contribution < 1.29 is 14.3 Å². The first-order valence-corrected chi connectivity index (χ1v) is 2.70. The Hall–Kier alpha value is 0.420. The minimum atomic E-state index is -2.64. The van der Waals surface area contributed by atoms with Crippen molar-refractivity contribution in [2.45, 2.75) is 3.13 Å². The maximum Gasteiger partial charge on any atom is 0.367 e. The van der Waals surface area contributed by atoms with E-state index in [1.807, 2.05) is 0 Å². The van der Waals surface area contributed by atoms with E-state index in [0.29, 0.717) is 0 Å². The van der Waals surface area contributed by atoms with Crippen LogP contribution in [0.4, 0.5) is 4.39 Å². The lowest BCUT2D eigenvalue weighted by molar-refractivity contribution is -0.140. The summed E-state index contributed by atoms with van der Waals surface area (Å²) >= 11 is 5.55. The topological polar surface area (TPSA) is 37.3 Å². The average Bonchev–Trinajstić information content (AvgIpc) is 1.31. The first-order valence-electron chi connectivity index (χ1n) is 1.24. The largest absolute Gasteiger partial charge is 0.477 e. The maximum atomic E-state index is 11.7. The van der Waals surface area contributed by atoms with Crippen molar-refractivity contribution in [3.8, 4) is 0 Å². The number of alkyl halides is 3. The highest BCUT2D eigenvalue weighted by Gasteiger charge is 2.31. The number of hydrogen-bond donors (Lipinski definition) is 1. The molecule has 0 saturated heterocycles. The molecule has 0 aromatic carbocycles. The Bertz CT molecular complexity index is 88.2. The quantitative estimate of drug-likeness (QED) is 0.553. The van der Waals surface area contributed by atoms with E-state index in [2.05, 4.69) is 11.6 Å². The summed E-state index contributed by atoms with van der Waals surface area (Å²) in [6.07, 6.45) is 0. The number of halogens is 3. The molecule has 0 radical (unpaired) electrons. The van der Waals surface area contributed by atoms with Crippen molar-refractivity contribution in [1.29, 1.82) is 0 Å². The van der Waals surface area contributed by atoms with Crippen molar-refractivity contribution in [3.05, 3.63) is 0 Å². The van der Waals surface area contributed by atoms with Gasteiger partial charge in [0.25, 0.3) is 0 Å². The molecule has 0 unspecified atom stereocenters. The molecule has 0 amide bonds. The fourth-order valence-electron chi connectivity index (χ4n) is 0. The van der Waals surface area contributed by atoms with Crippen LogP contribution in [0.15, 0.2) is 0 Å². The Morgan fingerprint density at radius 3 is 2.14 bits per heavy atom. The fraction of sp³-hybridized carbons (Fsp3) is 0.500. The summed E-state index contributed by atoms with van der Waals surface area (Å²) in [7, 11) is 0. The third-order valence-corrected chi connectivity index (χ3v) is 0.866. The molecule has 0 spiro atoms. The minimum Gasteiger partial charge on any atom is -0.477 e. The molecule has 1 atom stereocenters. The molecule has 7 heavy (non-hydrogen) atoms. The highest BCUT2D eigenvalue weighted by atomic mass is 127. The molecule has 0 aromatic rings. The molecule has 2 nitrogen and oxygen atoms in total. The van der Waals surface area contributed by atoms with Crippen LogP contribution in [0.5, 0.6) is 0 Å². The molecule has 0 fully saturated rings. The van der Waals surface area contributed by atoms with Gasteiger partial charge < -0.3 is 5.11 Å². The smallest absolute Gasteiger partial charge is 0.367 e. The average molecular weight is 238 g/mol. The van der Waals surface area contributed by atoms with Crippen molar-refractivity contribution >= 4 is 40.2 Å². The highest BCUT2D eigenvalue weighted by Crippen LogP contribution is 2.25. The van der Waals surface area contributed by atoms with Gasteiger partial charge in [0.2, 0.25) is 0 Å². The van der Waals surface area contributed by atoms with Crippen LogP contribution in [0, 0.1) is 0 Å². The molecule has 42 valence electrons. The summed E-state index contributed by atoms with van der Waals surface area (Å²) in [5.74, 6) is -1.67. The van der Waals surface area contributed by atoms with Gasteiger partial charge in [0, 0.05) is 0 Å². The molecule has 0 heterocycles. The molecular weight excluding hydrogens is 237 g/mol. The lowest BCUT2D eigenvalue weighted by Crippen LogP contribution is -2.17. The number of rotatable bonds is 1. The van der Waals surface area contributed by atoms with Crippen LogP contribution in [0.2, 0.25) is 0 Å². The van der Waals surface area contributed by atoms with Crippen molar-refractivity contribution in [3.63, 3.8) is 0 Å². The van der Waals surface area contributed by atoms with E-state index >= 15 is 0 Å². The number of carbonyl (C=O) groups is 1. The monoisotopic (exact) mass is 238 g/mol. The van der Waals surface area contributed by atoms with Crippen LogP contribution in [-0.2, 0) is 4.79 Å². The maximum absolute atomic E-state index is 11.7. The van der Waals surface area contributed by atoms with Gasteiger partial charge in [-0.25, -0.2) is 9.18 Å². The van der Waals surface area contributed by atoms with Gasteiger partial charge in [-0.3, -0.25) is 0 Å². The van der Waals surface area contributed by atoms with Gasteiger partial charge in [-0.15, -0.1) is 0 Å². The lowest BCUT2D eigenvalue weighted by Gasteiger charge is -1.98. The first kappa shape index (κ1) is 7.42. The summed E-state index contributed by atoms with van der Waals surface area (Å²) in [4.78, 5) is 9.51. The summed E-state index contributed by atoms with van der Waals surface area (Å²) in [6, 6.07) is 0. The third-order valence-electron chi connectivity index (χ3n) is 0.243. The minimum absolute atomic E-state index is 0.966. The van der Waals surface area contributed by atoms with Crippen LogP contribution in [0.25, 0.3) is 0 Å².